The zero-order valence-corrected chi connectivity index (χ0v) is 19.7. The fourth-order valence-electron chi connectivity index (χ4n) is 3.52. The van der Waals surface area contributed by atoms with Crippen molar-refractivity contribution in [1.82, 2.24) is 4.72 Å². The number of rotatable bonds is 8. The van der Waals surface area contributed by atoms with Crippen LogP contribution in [0.15, 0.2) is 59.5 Å². The van der Waals surface area contributed by atoms with E-state index >= 15 is 0 Å². The predicted molar refractivity (Wildman–Crippen MR) is 125 cm³/mol. The summed E-state index contributed by atoms with van der Waals surface area (Å²) in [5, 5.41) is 2.38. The van der Waals surface area contributed by atoms with Gasteiger partial charge in [-0.2, -0.15) is 0 Å². The Kier molecular flexibility index (Phi) is 7.58. The average molecular weight is 480 g/mol. The van der Waals surface area contributed by atoms with Gasteiger partial charge in [0.1, 0.15) is 0 Å². The van der Waals surface area contributed by atoms with Crippen LogP contribution in [-0.4, -0.2) is 34.0 Å². The molecule has 0 spiro atoms. The Bertz CT molecular complexity index is 1120. The minimum Gasteiger partial charge on any atom is -0.326 e. The molecule has 3 rings (SSSR count). The molecule has 1 fully saturated rings. The Morgan fingerprint density at radius 2 is 1.41 bits per heavy atom. The van der Waals surface area contributed by atoms with E-state index < -0.39 is 25.3 Å². The molecule has 174 valence electrons. The van der Waals surface area contributed by atoms with Crippen molar-refractivity contribution in [2.75, 3.05) is 10.0 Å². The summed E-state index contributed by atoms with van der Waals surface area (Å²) in [4.78, 5) is 12.8. The molecule has 2 aromatic carbocycles. The molecule has 32 heavy (non-hydrogen) atoms. The van der Waals surface area contributed by atoms with E-state index in [1.807, 2.05) is 0 Å². The largest absolute Gasteiger partial charge is 0.326 e. The predicted octanol–water partition coefficient (Wildman–Crippen LogP) is 3.31. The summed E-state index contributed by atoms with van der Waals surface area (Å²) in [6.45, 7) is 3.28. The van der Waals surface area contributed by atoms with Gasteiger partial charge in [-0.1, -0.05) is 18.2 Å². The van der Waals surface area contributed by atoms with Gasteiger partial charge in [0.05, 0.1) is 10.1 Å². The zero-order valence-electron chi connectivity index (χ0n) is 18.1. The van der Waals surface area contributed by atoms with E-state index in [9.17, 15) is 21.6 Å². The molecule has 1 saturated carbocycles. The Morgan fingerprint density at radius 3 is 1.97 bits per heavy atom. The Balaban J connectivity index is 1.52. The van der Waals surface area contributed by atoms with E-state index in [0.29, 0.717) is 37.1 Å². The fourth-order valence-corrected chi connectivity index (χ4v) is 5.57. The summed E-state index contributed by atoms with van der Waals surface area (Å²) in [6.07, 6.45) is 2.44. The Morgan fingerprint density at radius 1 is 0.844 bits per heavy atom. The van der Waals surface area contributed by atoms with Gasteiger partial charge in [-0.25, -0.2) is 21.6 Å². The Hall–Kier alpha value is -2.43. The number of carbonyl (C=O) groups excluding carboxylic acids is 1. The number of anilines is 2. The van der Waals surface area contributed by atoms with Crippen LogP contribution in [0.2, 0.25) is 0 Å². The molecule has 3 N–H and O–H groups in total. The molecule has 10 heteroatoms. The molecule has 1 aliphatic carbocycles. The lowest BCUT2D eigenvalue weighted by Gasteiger charge is -2.28. The molecular weight excluding hydrogens is 450 g/mol. The smallest absolute Gasteiger partial charge is 0.261 e. The molecule has 0 unspecified atom stereocenters. The van der Waals surface area contributed by atoms with Crippen LogP contribution in [0.25, 0.3) is 0 Å². The van der Waals surface area contributed by atoms with Gasteiger partial charge >= 0.3 is 0 Å². The van der Waals surface area contributed by atoms with E-state index in [1.54, 1.807) is 56.3 Å². The van der Waals surface area contributed by atoms with E-state index in [4.69, 9.17) is 0 Å². The highest BCUT2D eigenvalue weighted by atomic mass is 32.2. The second-order valence-corrected chi connectivity index (χ2v) is 12.2. The van der Waals surface area contributed by atoms with Crippen LogP contribution in [-0.2, 0) is 24.8 Å². The molecule has 1 amide bonds. The van der Waals surface area contributed by atoms with E-state index in [1.165, 1.54) is 12.1 Å². The first kappa shape index (κ1) is 24.2. The molecule has 2 aromatic rings. The lowest BCUT2D eigenvalue weighted by atomic mass is 9.86. The number of carbonyl (C=O) groups is 1. The second-order valence-electron chi connectivity index (χ2n) is 8.25. The van der Waals surface area contributed by atoms with Crippen molar-refractivity contribution >= 4 is 37.3 Å². The number of hydrogen-bond acceptors (Lipinski definition) is 5. The first-order valence-corrected chi connectivity index (χ1v) is 13.6. The number of sulfonamides is 2. The maximum Gasteiger partial charge on any atom is 0.261 e. The number of hydrogen-bond donors (Lipinski definition) is 3. The second kappa shape index (κ2) is 10.0. The third kappa shape index (κ3) is 6.30. The molecule has 0 heterocycles. The minimum absolute atomic E-state index is 0.118. The first-order valence-electron chi connectivity index (χ1n) is 10.6. The molecule has 0 atom stereocenters. The van der Waals surface area contributed by atoms with Crippen molar-refractivity contribution in [2.45, 2.75) is 55.7 Å². The zero-order chi connectivity index (χ0) is 23.4. The molecule has 0 saturated heterocycles. The topological polar surface area (TPSA) is 121 Å². The van der Waals surface area contributed by atoms with Crippen LogP contribution in [0.1, 0.15) is 39.5 Å². The Labute approximate surface area is 189 Å². The number of nitrogens with one attached hydrogen (secondary N) is 3. The first-order chi connectivity index (χ1) is 15.1. The van der Waals surface area contributed by atoms with Crippen molar-refractivity contribution in [3.8, 4) is 0 Å². The average Bonchev–Trinajstić information content (AvgIpc) is 2.75. The molecule has 1 aliphatic rings. The summed E-state index contributed by atoms with van der Waals surface area (Å²) < 4.78 is 54.1. The van der Waals surface area contributed by atoms with E-state index in [0.717, 1.165) is 0 Å². The number of amides is 1. The van der Waals surface area contributed by atoms with Crippen LogP contribution >= 0.6 is 0 Å². The molecule has 0 radical (unpaired) electrons. The quantitative estimate of drug-likeness (QED) is 0.536. The normalized spacial score (nSPS) is 19.5. The summed E-state index contributed by atoms with van der Waals surface area (Å²) in [5.74, 6) is -0.307. The molecule has 0 aliphatic heterocycles. The highest BCUT2D eigenvalue weighted by Gasteiger charge is 2.29. The van der Waals surface area contributed by atoms with Gasteiger partial charge in [0, 0.05) is 23.3 Å². The minimum atomic E-state index is -3.68. The maximum absolute atomic E-state index is 12.6. The van der Waals surface area contributed by atoms with E-state index in [-0.39, 0.29) is 22.8 Å². The van der Waals surface area contributed by atoms with Crippen LogP contribution in [0.4, 0.5) is 11.4 Å². The maximum atomic E-state index is 12.6. The highest BCUT2D eigenvalue weighted by Crippen LogP contribution is 2.27. The standard InChI is InChI=1S/C22H29N3O5S2/c1-16(2)31(27,28)24-19-10-8-17(9-11-19)22(26)23-18-12-14-20(15-13-18)25-32(29,30)21-6-4-3-5-7-21/h3-7,12-17,19,24-25H,8-11H2,1-2H3,(H,23,26)/t17-,19-. The van der Waals surface area contributed by atoms with Crippen LogP contribution in [0, 0.1) is 5.92 Å². The van der Waals surface area contributed by atoms with Gasteiger partial charge in [-0.3, -0.25) is 9.52 Å². The summed E-state index contributed by atoms with van der Waals surface area (Å²) in [7, 11) is -6.99. The monoisotopic (exact) mass is 479 g/mol. The van der Waals surface area contributed by atoms with Crippen molar-refractivity contribution < 1.29 is 21.6 Å². The SMILES string of the molecule is CC(C)S(=O)(=O)N[C@H]1CC[C@H](C(=O)Nc2ccc(NS(=O)(=O)c3ccccc3)cc2)CC1. The van der Waals surface area contributed by atoms with Gasteiger partial charge in [0.15, 0.2) is 0 Å². The van der Waals surface area contributed by atoms with Crippen LogP contribution in [0.5, 0.6) is 0 Å². The van der Waals surface area contributed by atoms with Gasteiger partial charge in [-0.05, 0) is 75.9 Å². The molecular formula is C22H29N3O5S2. The van der Waals surface area contributed by atoms with E-state index in [2.05, 4.69) is 14.8 Å². The third-order valence-corrected chi connectivity index (χ3v) is 8.81. The lowest BCUT2D eigenvalue weighted by molar-refractivity contribution is -0.120. The van der Waals surface area contributed by atoms with Crippen molar-refractivity contribution in [3.63, 3.8) is 0 Å². The van der Waals surface area contributed by atoms with Crippen molar-refractivity contribution in [3.05, 3.63) is 54.6 Å². The van der Waals surface area contributed by atoms with Crippen LogP contribution < -0.4 is 14.8 Å². The van der Waals surface area contributed by atoms with Crippen molar-refractivity contribution in [2.24, 2.45) is 5.92 Å². The van der Waals surface area contributed by atoms with Gasteiger partial charge in [0.2, 0.25) is 15.9 Å². The van der Waals surface area contributed by atoms with Gasteiger partial charge in [0.25, 0.3) is 10.0 Å². The summed E-state index contributed by atoms with van der Waals surface area (Å²) >= 11 is 0. The van der Waals surface area contributed by atoms with Gasteiger partial charge in [-0.15, -0.1) is 0 Å². The molecule has 8 nitrogen and oxygen atoms in total. The lowest BCUT2D eigenvalue weighted by Crippen LogP contribution is -2.42. The summed E-state index contributed by atoms with van der Waals surface area (Å²) in [5.41, 5.74) is 0.963. The molecule has 0 bridgehead atoms. The summed E-state index contributed by atoms with van der Waals surface area (Å²) in [6, 6.07) is 14.4. The van der Waals surface area contributed by atoms with Gasteiger partial charge < -0.3 is 5.32 Å². The molecule has 0 aromatic heterocycles. The van der Waals surface area contributed by atoms with Crippen LogP contribution in [0.3, 0.4) is 0 Å². The highest BCUT2D eigenvalue weighted by molar-refractivity contribution is 7.92. The van der Waals surface area contributed by atoms with Crippen molar-refractivity contribution in [1.29, 1.82) is 0 Å². The number of benzene rings is 2. The fraction of sp³-hybridized carbons (Fsp3) is 0.409. The third-order valence-electron chi connectivity index (χ3n) is 5.51.